The zero-order valence-electron chi connectivity index (χ0n) is 19.3. The van der Waals surface area contributed by atoms with E-state index in [0.29, 0.717) is 17.9 Å². The number of carbonyl (C=O) groups is 2. The molecule has 1 N–H and O–H groups in total. The van der Waals surface area contributed by atoms with Crippen molar-refractivity contribution in [2.24, 2.45) is 5.92 Å². The summed E-state index contributed by atoms with van der Waals surface area (Å²) in [5, 5.41) is 9.10. The maximum Gasteiger partial charge on any atom is 0.335 e. The topological polar surface area (TPSA) is 63.6 Å². The number of benzene rings is 2. The Hall–Kier alpha value is -2.62. The van der Waals surface area contributed by atoms with Crippen LogP contribution in [0.4, 0.5) is 0 Å². The molecule has 172 valence electrons. The van der Waals surface area contributed by atoms with E-state index in [0.717, 1.165) is 25.2 Å². The first kappa shape index (κ1) is 24.0. The van der Waals surface area contributed by atoms with Crippen LogP contribution in [0.15, 0.2) is 42.5 Å². The second kappa shape index (κ2) is 12.4. The number of rotatable bonds is 12. The number of ketones is 1. The van der Waals surface area contributed by atoms with Crippen molar-refractivity contribution < 1.29 is 19.4 Å². The van der Waals surface area contributed by atoms with Gasteiger partial charge in [0.25, 0.3) is 0 Å². The van der Waals surface area contributed by atoms with Crippen molar-refractivity contribution in [1.29, 1.82) is 0 Å². The van der Waals surface area contributed by atoms with E-state index >= 15 is 0 Å². The Morgan fingerprint density at radius 2 is 1.56 bits per heavy atom. The number of ether oxygens (including phenoxy) is 1. The second-order valence-corrected chi connectivity index (χ2v) is 9.09. The van der Waals surface area contributed by atoms with Crippen LogP contribution in [0.1, 0.15) is 96.6 Å². The summed E-state index contributed by atoms with van der Waals surface area (Å²) in [6.07, 6.45) is 14.1. The lowest BCUT2D eigenvalue weighted by atomic mass is 9.85. The van der Waals surface area contributed by atoms with Crippen LogP contribution in [0.3, 0.4) is 0 Å². The smallest absolute Gasteiger partial charge is 0.335 e. The Labute approximate surface area is 192 Å². The number of hydrogen-bond donors (Lipinski definition) is 1. The molecule has 2 aromatic carbocycles. The molecule has 0 unspecified atom stereocenters. The average molecular weight is 437 g/mol. The van der Waals surface area contributed by atoms with Crippen molar-refractivity contribution in [3.05, 3.63) is 64.7 Å². The van der Waals surface area contributed by atoms with Crippen LogP contribution in [0, 0.1) is 5.92 Å². The Balaban J connectivity index is 1.37. The fraction of sp³-hybridized carbons (Fsp3) is 0.500. The van der Waals surface area contributed by atoms with Gasteiger partial charge in [0.05, 0.1) is 17.7 Å². The highest BCUT2D eigenvalue weighted by atomic mass is 16.5. The number of Topliss-reactive ketones (excluding diaryl/α,β-unsaturated/α-hetero) is 1. The number of unbranched alkanes of at least 4 members (excludes halogenated alkanes) is 1. The lowest BCUT2D eigenvalue weighted by Gasteiger charge is -2.21. The van der Waals surface area contributed by atoms with Crippen LogP contribution in [0.5, 0.6) is 5.75 Å². The summed E-state index contributed by atoms with van der Waals surface area (Å²) < 4.78 is 5.78. The van der Waals surface area contributed by atoms with Crippen molar-refractivity contribution in [2.75, 3.05) is 6.61 Å². The molecule has 1 fully saturated rings. The molecule has 2 aromatic rings. The summed E-state index contributed by atoms with van der Waals surface area (Å²) in [7, 11) is 0. The predicted octanol–water partition coefficient (Wildman–Crippen LogP) is 6.89. The van der Waals surface area contributed by atoms with Gasteiger partial charge in [-0.15, -0.1) is 0 Å². The van der Waals surface area contributed by atoms with Crippen LogP contribution in [0.25, 0.3) is 0 Å². The number of aryl methyl sites for hydroxylation is 2. The molecule has 4 heteroatoms. The van der Waals surface area contributed by atoms with Gasteiger partial charge in [-0.05, 0) is 67.9 Å². The van der Waals surface area contributed by atoms with Crippen molar-refractivity contribution in [2.45, 2.75) is 77.6 Å². The molecular weight excluding hydrogens is 400 g/mol. The molecule has 3 rings (SSSR count). The zero-order valence-corrected chi connectivity index (χ0v) is 19.3. The molecule has 0 aliphatic heterocycles. The summed E-state index contributed by atoms with van der Waals surface area (Å²) in [4.78, 5) is 22.9. The Morgan fingerprint density at radius 3 is 2.19 bits per heavy atom. The average Bonchev–Trinajstić information content (AvgIpc) is 2.81. The number of carboxylic acid groups (broad SMARTS) is 1. The Bertz CT molecular complexity index is 879. The predicted molar refractivity (Wildman–Crippen MR) is 128 cm³/mol. The highest BCUT2D eigenvalue weighted by Crippen LogP contribution is 2.28. The van der Waals surface area contributed by atoms with E-state index in [2.05, 4.69) is 24.3 Å². The number of hydrogen-bond acceptors (Lipinski definition) is 3. The standard InChI is InChI=1S/C28H36O4/c1-21(29)26-20-25(28(30)31)17-18-27(26)32-19-7-12-24-15-13-23(14-16-24)11-6-5-10-22-8-3-2-4-9-22/h13-18,20,22H,2-12,19H2,1H3,(H,30,31). The molecule has 1 saturated carbocycles. The van der Waals surface area contributed by atoms with E-state index < -0.39 is 5.97 Å². The fourth-order valence-electron chi connectivity index (χ4n) is 4.63. The van der Waals surface area contributed by atoms with Crippen LogP contribution in [0.2, 0.25) is 0 Å². The molecule has 0 heterocycles. The molecule has 1 aliphatic rings. The maximum absolute atomic E-state index is 11.8. The molecule has 0 atom stereocenters. The van der Waals surface area contributed by atoms with Crippen LogP contribution < -0.4 is 4.74 Å². The Morgan fingerprint density at radius 1 is 0.906 bits per heavy atom. The van der Waals surface area contributed by atoms with Crippen molar-refractivity contribution in [3.63, 3.8) is 0 Å². The first-order valence-electron chi connectivity index (χ1n) is 12.1. The molecule has 0 saturated heterocycles. The second-order valence-electron chi connectivity index (χ2n) is 9.09. The molecule has 32 heavy (non-hydrogen) atoms. The van der Waals surface area contributed by atoms with Crippen molar-refractivity contribution in [1.82, 2.24) is 0 Å². The third-order valence-electron chi connectivity index (χ3n) is 6.55. The molecule has 0 aromatic heterocycles. The van der Waals surface area contributed by atoms with E-state index in [1.165, 1.54) is 81.5 Å². The van der Waals surface area contributed by atoms with Gasteiger partial charge in [-0.25, -0.2) is 4.79 Å². The van der Waals surface area contributed by atoms with Crippen LogP contribution in [-0.4, -0.2) is 23.5 Å². The highest BCUT2D eigenvalue weighted by Gasteiger charge is 2.13. The quantitative estimate of drug-likeness (QED) is 0.290. The summed E-state index contributed by atoms with van der Waals surface area (Å²) in [5.41, 5.74) is 3.11. The fourth-order valence-corrected chi connectivity index (χ4v) is 4.63. The van der Waals surface area contributed by atoms with E-state index in [4.69, 9.17) is 9.84 Å². The molecule has 1 aliphatic carbocycles. The van der Waals surface area contributed by atoms with E-state index in [1.807, 2.05) is 0 Å². The van der Waals surface area contributed by atoms with Crippen molar-refractivity contribution in [3.8, 4) is 5.75 Å². The van der Waals surface area contributed by atoms with E-state index in [1.54, 1.807) is 6.07 Å². The Kier molecular flexibility index (Phi) is 9.33. The molecular formula is C28H36O4. The lowest BCUT2D eigenvalue weighted by molar-refractivity contribution is 0.0697. The number of carbonyl (C=O) groups excluding carboxylic acids is 1. The van der Waals surface area contributed by atoms with Gasteiger partial charge in [-0.1, -0.05) is 69.2 Å². The zero-order chi connectivity index (χ0) is 22.8. The number of carboxylic acids is 1. The van der Waals surface area contributed by atoms with Crippen molar-refractivity contribution >= 4 is 11.8 Å². The van der Waals surface area contributed by atoms with E-state index in [9.17, 15) is 9.59 Å². The van der Waals surface area contributed by atoms with Gasteiger partial charge < -0.3 is 9.84 Å². The van der Waals surface area contributed by atoms with Gasteiger partial charge in [-0.2, -0.15) is 0 Å². The van der Waals surface area contributed by atoms with Gasteiger partial charge in [0, 0.05) is 0 Å². The van der Waals surface area contributed by atoms with Gasteiger partial charge in [0.15, 0.2) is 5.78 Å². The van der Waals surface area contributed by atoms with Gasteiger partial charge >= 0.3 is 5.97 Å². The number of aromatic carboxylic acids is 1. The van der Waals surface area contributed by atoms with Gasteiger partial charge in [-0.3, -0.25) is 4.79 Å². The normalized spacial score (nSPS) is 14.3. The minimum absolute atomic E-state index is 0.0941. The summed E-state index contributed by atoms with van der Waals surface area (Å²) in [6.45, 7) is 1.90. The summed E-state index contributed by atoms with van der Waals surface area (Å²) in [5.74, 6) is 0.185. The maximum atomic E-state index is 11.8. The first-order chi connectivity index (χ1) is 15.5. The third-order valence-corrected chi connectivity index (χ3v) is 6.55. The SMILES string of the molecule is CC(=O)c1cc(C(=O)O)ccc1OCCCc1ccc(CCCCC2CCCCC2)cc1. The molecule has 0 bridgehead atoms. The molecule has 0 amide bonds. The van der Waals surface area contributed by atoms with Crippen LogP contribution >= 0.6 is 0 Å². The monoisotopic (exact) mass is 436 g/mol. The molecule has 4 nitrogen and oxygen atoms in total. The minimum Gasteiger partial charge on any atom is -0.493 e. The minimum atomic E-state index is -1.05. The first-order valence-corrected chi connectivity index (χ1v) is 12.1. The summed E-state index contributed by atoms with van der Waals surface area (Å²) in [6, 6.07) is 13.3. The van der Waals surface area contributed by atoms with Gasteiger partial charge in [0.1, 0.15) is 5.75 Å². The molecule has 0 spiro atoms. The third kappa shape index (κ3) is 7.51. The molecule has 0 radical (unpaired) electrons. The lowest BCUT2D eigenvalue weighted by Crippen LogP contribution is -2.06. The van der Waals surface area contributed by atoms with E-state index in [-0.39, 0.29) is 11.3 Å². The highest BCUT2D eigenvalue weighted by molar-refractivity contribution is 5.99. The summed E-state index contributed by atoms with van der Waals surface area (Å²) >= 11 is 0. The largest absolute Gasteiger partial charge is 0.493 e. The van der Waals surface area contributed by atoms with Crippen LogP contribution in [-0.2, 0) is 12.8 Å². The van der Waals surface area contributed by atoms with Gasteiger partial charge in [0.2, 0.25) is 0 Å².